The Balaban J connectivity index is 0. The second-order valence-electron chi connectivity index (χ2n) is 26.8. The number of carboxylic acid groups (broad SMARTS) is 3. The summed E-state index contributed by atoms with van der Waals surface area (Å²) in [5.41, 5.74) is 0. The van der Waals surface area contributed by atoms with E-state index >= 15 is 0 Å². The molecule has 0 heterocycles. The number of carbonyl (C=O) groups is 7. The van der Waals surface area contributed by atoms with Gasteiger partial charge in [-0.3, -0.25) is 33.9 Å². The van der Waals surface area contributed by atoms with Crippen molar-refractivity contribution < 1.29 is 117 Å². The van der Waals surface area contributed by atoms with E-state index in [2.05, 4.69) is 82.5 Å². The van der Waals surface area contributed by atoms with Crippen molar-refractivity contribution in [1.29, 1.82) is 0 Å². The van der Waals surface area contributed by atoms with E-state index in [4.69, 9.17) is 28.4 Å². The van der Waals surface area contributed by atoms with Crippen LogP contribution in [0.5, 0.6) is 0 Å². The monoisotopic (exact) mass is 1640 g/mol. The molecule has 0 spiro atoms. The summed E-state index contributed by atoms with van der Waals surface area (Å²) in [5, 5.41) is 46.1. The van der Waals surface area contributed by atoms with Gasteiger partial charge in [-0.05, 0) is 62.2 Å². The second kappa shape index (κ2) is 84.5. The number of rotatable bonds is 78. The van der Waals surface area contributed by atoms with Gasteiger partial charge in [0.15, 0.2) is 0 Å². The predicted molar refractivity (Wildman–Crippen MR) is 408 cm³/mol. The van der Waals surface area contributed by atoms with E-state index in [1.807, 2.05) is 0 Å². The number of carboxylic acids is 3. The van der Waals surface area contributed by atoms with Gasteiger partial charge < -0.3 is 79.4 Å². The van der Waals surface area contributed by atoms with Gasteiger partial charge in [0.2, 0.25) is 23.6 Å². The minimum atomic E-state index is -1.40. The maximum atomic E-state index is 12.6. The molecule has 0 saturated carbocycles. The maximum Gasteiger partial charge on any atom is 3.00 e. The minimum Gasteiger partial charge on any atom is -0.549 e. The Morgan fingerprint density at radius 3 is 0.698 bits per heavy atom. The standard InChI is InChI=1S/C82H143N7O16.Gd/c1-3-5-7-9-11-13-15-17-19-21-23-25-27-29-31-33-35-37-39-41-43-45-47-76(90)83-51-61-100-65-69-104-71-67-102-63-53-85-78(92)49-55-87(73-80(94)95)57-59-89(75-82(98)99)60-58-88(74-81(96)97)56-50-79(93)86-54-64-103-68-72-105-70-66-101-62-52-84-77(91)48-46-44-42-40-38-36-34-32-30-28-26-24-22-20-18-16-14-12-10-8-6-4-2;/h3-24,33-75H2,1-2H3,(H,83,90)(H,84,91)(H,85,92)(H,86,93)(H,94,95)(H,96,97)(H,98,99);/q;+3/p-3. The first kappa shape index (κ1) is 104. The van der Waals surface area contributed by atoms with Crippen molar-refractivity contribution in [3.05, 3.63) is 0 Å². The number of hydrogen-bond donors (Lipinski definition) is 4. The Morgan fingerprint density at radius 2 is 0.462 bits per heavy atom. The van der Waals surface area contributed by atoms with Gasteiger partial charge in [-0.2, -0.15) is 0 Å². The van der Waals surface area contributed by atoms with Crippen molar-refractivity contribution in [3.63, 3.8) is 0 Å². The molecule has 607 valence electrons. The number of nitrogens with zero attached hydrogens (tertiary/aromatic N) is 3. The average Bonchev–Trinajstić information content (AvgIpc) is 0.948. The molecule has 0 aliphatic heterocycles. The Hall–Kier alpha value is -4.51. The van der Waals surface area contributed by atoms with E-state index in [0.29, 0.717) is 78.8 Å². The topological polar surface area (TPSA) is 302 Å². The van der Waals surface area contributed by atoms with Crippen LogP contribution in [0.15, 0.2) is 0 Å². The molecule has 0 atom stereocenters. The quantitative estimate of drug-likeness (QED) is 0.0341. The third kappa shape index (κ3) is 83.5. The molecule has 4 N–H and O–H groups in total. The molecule has 106 heavy (non-hydrogen) atoms. The molecule has 0 bridgehead atoms. The van der Waals surface area contributed by atoms with Crippen LogP contribution in [-0.4, -0.2) is 221 Å². The van der Waals surface area contributed by atoms with Crippen LogP contribution < -0.4 is 36.6 Å². The summed E-state index contributed by atoms with van der Waals surface area (Å²) in [5.74, 6) is 19.9. The fourth-order valence-corrected chi connectivity index (χ4v) is 11.2. The molecule has 1 radical (unpaired) electrons. The van der Waals surface area contributed by atoms with Crippen molar-refractivity contribution in [2.24, 2.45) is 0 Å². The van der Waals surface area contributed by atoms with Crippen molar-refractivity contribution in [2.45, 2.75) is 271 Å². The van der Waals surface area contributed by atoms with E-state index in [9.17, 15) is 48.9 Å². The van der Waals surface area contributed by atoms with E-state index in [1.54, 1.807) is 0 Å². The normalized spacial score (nSPS) is 10.8. The number of amides is 4. The van der Waals surface area contributed by atoms with Gasteiger partial charge in [-0.25, -0.2) is 0 Å². The summed E-state index contributed by atoms with van der Waals surface area (Å²) in [4.78, 5) is 88.8. The van der Waals surface area contributed by atoms with Crippen molar-refractivity contribution in [1.82, 2.24) is 36.0 Å². The maximum absolute atomic E-state index is 12.6. The summed E-state index contributed by atoms with van der Waals surface area (Å²) in [6.45, 7) is 8.19. The second-order valence-corrected chi connectivity index (χ2v) is 26.8. The predicted octanol–water partition coefficient (Wildman–Crippen LogP) is 7.36. The number of ether oxygens (including phenoxy) is 6. The first-order valence-corrected chi connectivity index (χ1v) is 40.6. The van der Waals surface area contributed by atoms with Gasteiger partial charge in [0.25, 0.3) is 0 Å². The first-order chi connectivity index (χ1) is 51.4. The van der Waals surface area contributed by atoms with Crippen molar-refractivity contribution in [3.8, 4) is 47.4 Å². The van der Waals surface area contributed by atoms with Crippen LogP contribution in [-0.2, 0) is 62.0 Å². The molecule has 0 aromatic carbocycles. The smallest absolute Gasteiger partial charge is 0.549 e. The van der Waals surface area contributed by atoms with E-state index in [1.165, 1.54) is 143 Å². The summed E-state index contributed by atoms with van der Waals surface area (Å²) in [6, 6.07) is 0. The van der Waals surface area contributed by atoms with Gasteiger partial charge in [0.1, 0.15) is 0 Å². The van der Waals surface area contributed by atoms with Crippen molar-refractivity contribution in [2.75, 3.05) is 164 Å². The summed E-state index contributed by atoms with van der Waals surface area (Å²) >= 11 is 0. The molecular weight excluding hydrogens is 1500 g/mol. The molecule has 0 saturated heterocycles. The molecule has 23 nitrogen and oxygen atoms in total. The number of hydrogen-bond acceptors (Lipinski definition) is 19. The van der Waals surface area contributed by atoms with Crippen LogP contribution in [0.3, 0.4) is 0 Å². The number of aliphatic carboxylic acids is 3. The van der Waals surface area contributed by atoms with Crippen LogP contribution in [0.4, 0.5) is 0 Å². The van der Waals surface area contributed by atoms with Gasteiger partial charge in [0.05, 0.1) is 97.2 Å². The molecule has 4 amide bonds. The Kier molecular flexibility index (Phi) is 82.6. The van der Waals surface area contributed by atoms with Crippen LogP contribution in [0.1, 0.15) is 271 Å². The molecule has 0 aliphatic carbocycles. The number of carbonyl (C=O) groups excluding carboxylic acids is 7. The molecular formula is C82H140GdN7O16. The molecule has 0 aromatic rings. The number of nitrogens with one attached hydrogen (secondary N) is 4. The molecule has 0 rings (SSSR count). The van der Waals surface area contributed by atoms with Crippen molar-refractivity contribution >= 4 is 41.5 Å². The van der Waals surface area contributed by atoms with Crippen LogP contribution >= 0.6 is 0 Å². The SMILES string of the molecule is CCCCCCCCCCCCC#CC#CCCCCCCCCC(=O)NCCOCCOCCOCCNC(=O)CCN(CCN(CCN(CCC(=O)NCCOCCOCCOCCNC(=O)CCCCCCCCC#CC#CCCCCCCCCCCCC)CC(=O)[O-])CC(=O)[O-])CC(=O)[O-].[Gd+3]. The summed E-state index contributed by atoms with van der Waals surface area (Å²) < 4.78 is 33.2. The Labute approximate surface area is 672 Å². The zero-order valence-electron chi connectivity index (χ0n) is 65.7. The fourth-order valence-electron chi connectivity index (χ4n) is 11.2. The van der Waals surface area contributed by atoms with Gasteiger partial charge in [-0.15, -0.1) is 0 Å². The van der Waals surface area contributed by atoms with Gasteiger partial charge >= 0.3 is 39.9 Å². The third-order valence-corrected chi connectivity index (χ3v) is 17.3. The molecule has 24 heteroatoms. The summed E-state index contributed by atoms with van der Waals surface area (Å²) in [7, 11) is 0. The Morgan fingerprint density at radius 1 is 0.264 bits per heavy atom. The Bertz CT molecular complexity index is 2250. The average molecular weight is 1640 g/mol. The number of unbranched alkanes of at least 4 members (excludes halogenated alkanes) is 32. The fraction of sp³-hybridized carbons (Fsp3) is 0.817. The van der Waals surface area contributed by atoms with Crippen LogP contribution in [0.2, 0.25) is 0 Å². The van der Waals surface area contributed by atoms with Crippen LogP contribution in [0.25, 0.3) is 0 Å². The molecule has 0 fully saturated rings. The van der Waals surface area contributed by atoms with Gasteiger partial charge in [-0.1, -0.05) is 204 Å². The van der Waals surface area contributed by atoms with E-state index < -0.39 is 37.5 Å². The van der Waals surface area contributed by atoms with E-state index in [-0.39, 0.29) is 155 Å². The molecule has 0 aliphatic rings. The first-order valence-electron chi connectivity index (χ1n) is 40.6. The zero-order chi connectivity index (χ0) is 76.5. The molecule has 0 unspecified atom stereocenters. The minimum absolute atomic E-state index is 0. The van der Waals surface area contributed by atoms with Gasteiger partial charge in [0, 0.05) is 136 Å². The third-order valence-electron chi connectivity index (χ3n) is 17.3. The summed E-state index contributed by atoms with van der Waals surface area (Å²) in [6.07, 6.45) is 43.9. The largest absolute Gasteiger partial charge is 3.00 e. The van der Waals surface area contributed by atoms with E-state index in [0.717, 1.165) is 103 Å². The zero-order valence-corrected chi connectivity index (χ0v) is 68.0. The molecule has 0 aromatic heterocycles. The van der Waals surface area contributed by atoms with Crippen LogP contribution in [0, 0.1) is 87.3 Å².